The number of aliphatic hydroxyl groups excluding tert-OH is 1. The molecule has 6 rings (SSSR count). The maximum Gasteiger partial charge on any atom is 0.272 e. The van der Waals surface area contributed by atoms with Gasteiger partial charge in [0.05, 0.1) is 11.6 Å². The molecular weight excluding hydrogens is 526 g/mol. The Hall–Kier alpha value is -3.41. The highest BCUT2D eigenvalue weighted by Gasteiger charge is 2.36. The van der Waals surface area contributed by atoms with Gasteiger partial charge in [-0.2, -0.15) is 0 Å². The van der Waals surface area contributed by atoms with Crippen LogP contribution in [0.15, 0.2) is 41.2 Å². The van der Waals surface area contributed by atoms with Crippen molar-refractivity contribution in [2.45, 2.75) is 57.3 Å². The summed E-state index contributed by atoms with van der Waals surface area (Å²) in [6.45, 7) is 5.55. The molecule has 1 aromatic carbocycles. The van der Waals surface area contributed by atoms with E-state index in [0.717, 1.165) is 32.4 Å². The first-order valence-corrected chi connectivity index (χ1v) is 15.0. The number of hydrogen-bond donors (Lipinski definition) is 2. The Morgan fingerprint density at radius 1 is 1.02 bits per heavy atom. The van der Waals surface area contributed by atoms with Crippen LogP contribution in [-0.4, -0.2) is 97.5 Å². The zero-order valence-electron chi connectivity index (χ0n) is 22.7. The van der Waals surface area contributed by atoms with Crippen molar-refractivity contribution in [3.05, 3.63) is 58.0 Å². The van der Waals surface area contributed by atoms with Crippen LogP contribution in [0.2, 0.25) is 0 Å². The lowest BCUT2D eigenvalue weighted by molar-refractivity contribution is -0.129. The van der Waals surface area contributed by atoms with Crippen LogP contribution >= 0.6 is 11.3 Å². The first kappa shape index (κ1) is 26.8. The van der Waals surface area contributed by atoms with Crippen LogP contribution in [-0.2, 0) is 17.8 Å². The number of anilines is 1. The zero-order chi connectivity index (χ0) is 27.6. The van der Waals surface area contributed by atoms with Gasteiger partial charge in [-0.25, -0.2) is 15.0 Å². The second-order valence-electron chi connectivity index (χ2n) is 10.9. The number of rotatable bonds is 5. The van der Waals surface area contributed by atoms with Gasteiger partial charge in [-0.15, -0.1) is 11.3 Å². The van der Waals surface area contributed by atoms with Crippen LogP contribution < -0.4 is 5.32 Å². The molecule has 0 spiro atoms. The number of likely N-dealkylation sites (tertiary alicyclic amines) is 2. The SMILES string of the molecule is CC(=O)N1CCC(Nc2cc(C(=O)N3CC[C@H](N4CCc5ccccc5C4)[C@@H](O)C3)nc(-c3cscn3)n2)CC1. The number of aliphatic hydroxyl groups is 1. The predicted octanol–water partition coefficient (Wildman–Crippen LogP) is 2.66. The summed E-state index contributed by atoms with van der Waals surface area (Å²) in [6.07, 6.45) is 2.66. The average molecular weight is 562 g/mol. The summed E-state index contributed by atoms with van der Waals surface area (Å²) in [5.74, 6) is 0.855. The molecule has 0 unspecified atom stereocenters. The Balaban J connectivity index is 1.15. The molecule has 3 aliphatic rings. The van der Waals surface area contributed by atoms with Gasteiger partial charge in [0.2, 0.25) is 5.91 Å². The highest BCUT2D eigenvalue weighted by Crippen LogP contribution is 2.27. The van der Waals surface area contributed by atoms with Gasteiger partial charge in [-0.3, -0.25) is 14.5 Å². The smallest absolute Gasteiger partial charge is 0.272 e. The molecule has 0 radical (unpaired) electrons. The second kappa shape index (κ2) is 11.6. The molecule has 0 aliphatic carbocycles. The van der Waals surface area contributed by atoms with Crippen LogP contribution in [0.1, 0.15) is 47.8 Å². The van der Waals surface area contributed by atoms with Crippen LogP contribution in [0, 0.1) is 0 Å². The van der Waals surface area contributed by atoms with Crippen molar-refractivity contribution in [3.63, 3.8) is 0 Å². The molecule has 11 heteroatoms. The van der Waals surface area contributed by atoms with Gasteiger partial charge in [0.15, 0.2) is 5.82 Å². The third kappa shape index (κ3) is 5.72. The quantitative estimate of drug-likeness (QED) is 0.489. The molecule has 2 amide bonds. The Morgan fingerprint density at radius 3 is 2.52 bits per heavy atom. The summed E-state index contributed by atoms with van der Waals surface area (Å²) in [6, 6.07) is 10.4. The molecule has 5 heterocycles. The molecule has 40 heavy (non-hydrogen) atoms. The predicted molar refractivity (Wildman–Crippen MR) is 153 cm³/mol. The van der Waals surface area contributed by atoms with Crippen molar-refractivity contribution in [2.24, 2.45) is 0 Å². The van der Waals surface area contributed by atoms with E-state index in [1.165, 1.54) is 22.5 Å². The van der Waals surface area contributed by atoms with Crippen molar-refractivity contribution < 1.29 is 14.7 Å². The third-order valence-electron chi connectivity index (χ3n) is 8.36. The number of piperidine rings is 2. The number of nitrogens with one attached hydrogen (secondary N) is 1. The maximum atomic E-state index is 13.7. The second-order valence-corrected chi connectivity index (χ2v) is 11.6. The van der Waals surface area contributed by atoms with Gasteiger partial charge in [0.25, 0.3) is 5.91 Å². The molecule has 2 saturated heterocycles. The lowest BCUT2D eigenvalue weighted by Crippen LogP contribution is -2.56. The first-order valence-electron chi connectivity index (χ1n) is 14.0. The van der Waals surface area contributed by atoms with Gasteiger partial charge < -0.3 is 20.2 Å². The Bertz CT molecular complexity index is 1360. The standard InChI is InChI=1S/C29H35N7O3S/c1-19(37)34-11-7-22(8-12-34)31-27-14-23(32-28(33-27)24-17-40-18-30-24)29(39)36-13-9-25(26(38)16-36)35-10-6-20-4-2-3-5-21(20)15-35/h2-5,14,17-18,22,25-26,38H,6-13,15-16H2,1H3,(H,31,32,33)/t25-,26-/m0/s1. The number of β-amino-alcohol motifs (C(OH)–C–C–N with tert-alkyl or cyclic N) is 1. The molecule has 2 N–H and O–H groups in total. The number of thiazole rings is 1. The summed E-state index contributed by atoms with van der Waals surface area (Å²) in [7, 11) is 0. The highest BCUT2D eigenvalue weighted by molar-refractivity contribution is 7.07. The minimum absolute atomic E-state index is 0.0199. The van der Waals surface area contributed by atoms with E-state index in [0.29, 0.717) is 49.1 Å². The van der Waals surface area contributed by atoms with Crippen molar-refractivity contribution in [3.8, 4) is 11.5 Å². The number of benzene rings is 1. The minimum Gasteiger partial charge on any atom is -0.390 e. The molecule has 2 fully saturated rings. The molecule has 210 valence electrons. The minimum atomic E-state index is -0.633. The summed E-state index contributed by atoms with van der Waals surface area (Å²) in [5.41, 5.74) is 5.34. The van der Waals surface area contributed by atoms with Crippen LogP contribution in [0.5, 0.6) is 0 Å². The third-order valence-corrected chi connectivity index (χ3v) is 8.95. The number of carbonyl (C=O) groups excluding carboxylic acids is 2. The fraction of sp³-hybridized carbons (Fsp3) is 0.483. The number of carbonyl (C=O) groups is 2. The van der Waals surface area contributed by atoms with E-state index in [1.807, 2.05) is 10.3 Å². The molecule has 3 aromatic rings. The fourth-order valence-electron chi connectivity index (χ4n) is 6.11. The van der Waals surface area contributed by atoms with Crippen molar-refractivity contribution in [1.29, 1.82) is 0 Å². The summed E-state index contributed by atoms with van der Waals surface area (Å²) < 4.78 is 0. The average Bonchev–Trinajstić information content (AvgIpc) is 3.52. The Morgan fingerprint density at radius 2 is 1.80 bits per heavy atom. The molecule has 2 aromatic heterocycles. The van der Waals surface area contributed by atoms with Crippen LogP contribution in [0.3, 0.4) is 0 Å². The van der Waals surface area contributed by atoms with Crippen molar-refractivity contribution in [2.75, 3.05) is 38.0 Å². The molecule has 0 saturated carbocycles. The number of fused-ring (bicyclic) bond motifs is 1. The summed E-state index contributed by atoms with van der Waals surface area (Å²) >= 11 is 1.45. The largest absolute Gasteiger partial charge is 0.390 e. The van der Waals surface area contributed by atoms with Crippen LogP contribution in [0.4, 0.5) is 5.82 Å². The fourth-order valence-corrected chi connectivity index (χ4v) is 6.64. The van der Waals surface area contributed by atoms with Crippen LogP contribution in [0.25, 0.3) is 11.5 Å². The van der Waals surface area contributed by atoms with E-state index in [4.69, 9.17) is 0 Å². The zero-order valence-corrected chi connectivity index (χ0v) is 23.5. The number of amides is 2. The summed E-state index contributed by atoms with van der Waals surface area (Å²) in [5, 5.41) is 16.5. The first-order chi connectivity index (χ1) is 19.4. The monoisotopic (exact) mass is 561 g/mol. The lowest BCUT2D eigenvalue weighted by Gasteiger charge is -2.43. The number of aromatic nitrogens is 3. The normalized spacial score (nSPS) is 22.1. The van der Waals surface area contributed by atoms with Gasteiger partial charge in [0, 0.05) is 69.7 Å². The molecule has 3 aliphatic heterocycles. The van der Waals surface area contributed by atoms with Gasteiger partial charge in [-0.1, -0.05) is 24.3 Å². The molecule has 2 atom stereocenters. The molecule has 0 bridgehead atoms. The number of hydrogen-bond acceptors (Lipinski definition) is 9. The topological polar surface area (TPSA) is 115 Å². The maximum absolute atomic E-state index is 13.7. The van der Waals surface area contributed by atoms with E-state index in [1.54, 1.807) is 23.4 Å². The Labute approximate surface area is 238 Å². The van der Waals surface area contributed by atoms with Gasteiger partial charge >= 0.3 is 0 Å². The van der Waals surface area contributed by atoms with E-state index in [2.05, 4.69) is 49.4 Å². The van der Waals surface area contributed by atoms with E-state index in [-0.39, 0.29) is 30.4 Å². The molecule has 10 nitrogen and oxygen atoms in total. The van der Waals surface area contributed by atoms with Gasteiger partial charge in [0.1, 0.15) is 17.2 Å². The molecular formula is C29H35N7O3S. The lowest BCUT2D eigenvalue weighted by atomic mass is 9.94. The van der Waals surface area contributed by atoms with E-state index < -0.39 is 6.10 Å². The Kier molecular flexibility index (Phi) is 7.77. The summed E-state index contributed by atoms with van der Waals surface area (Å²) in [4.78, 5) is 45.0. The van der Waals surface area contributed by atoms with Crippen molar-refractivity contribution >= 4 is 29.0 Å². The number of nitrogens with zero attached hydrogens (tertiary/aromatic N) is 6. The van der Waals surface area contributed by atoms with Gasteiger partial charge in [-0.05, 0) is 36.8 Å². The van der Waals surface area contributed by atoms with Crippen molar-refractivity contribution in [1.82, 2.24) is 29.7 Å². The van der Waals surface area contributed by atoms with E-state index >= 15 is 0 Å². The van der Waals surface area contributed by atoms with E-state index in [9.17, 15) is 14.7 Å². The highest BCUT2D eigenvalue weighted by atomic mass is 32.1.